The smallest absolute Gasteiger partial charge is 0.424 e. The highest BCUT2D eigenvalue weighted by Crippen LogP contribution is 2.30. The minimum Gasteiger partial charge on any atom is -0.448 e. The first-order chi connectivity index (χ1) is 12.4. The number of rotatable bonds is 5. The van der Waals surface area contributed by atoms with Crippen molar-refractivity contribution in [2.24, 2.45) is 5.92 Å². The molecule has 0 bridgehead atoms. The van der Waals surface area contributed by atoms with Crippen LogP contribution < -0.4 is 0 Å². The molecule has 2 aromatic carbocycles. The summed E-state index contributed by atoms with van der Waals surface area (Å²) in [5.41, 5.74) is 1.99. The molecule has 0 radical (unpaired) electrons. The second-order valence-electron chi connectivity index (χ2n) is 6.37. The summed E-state index contributed by atoms with van der Waals surface area (Å²) in [5, 5.41) is 0. The van der Waals surface area contributed by atoms with Crippen LogP contribution in [0.25, 0.3) is 0 Å². The van der Waals surface area contributed by atoms with Crippen molar-refractivity contribution in [3.8, 4) is 0 Å². The van der Waals surface area contributed by atoms with Gasteiger partial charge in [-0.3, -0.25) is 0 Å². The fourth-order valence-electron chi connectivity index (χ4n) is 3.12. The highest BCUT2D eigenvalue weighted by atomic mass is 32.2. The Kier molecular flexibility index (Phi) is 5.13. The maximum Gasteiger partial charge on any atom is 0.424 e. The number of aryl methyl sites for hydroxylation is 1. The molecule has 6 heteroatoms. The van der Waals surface area contributed by atoms with Crippen molar-refractivity contribution in [3.63, 3.8) is 0 Å². The monoisotopic (exact) mass is 371 g/mol. The Bertz CT molecular complexity index is 891. The number of amides is 1. The van der Waals surface area contributed by atoms with Gasteiger partial charge >= 0.3 is 6.09 Å². The van der Waals surface area contributed by atoms with E-state index in [4.69, 9.17) is 4.74 Å². The van der Waals surface area contributed by atoms with Crippen LogP contribution >= 0.6 is 0 Å². The highest BCUT2D eigenvalue weighted by Gasteiger charge is 2.43. The van der Waals surface area contributed by atoms with Crippen LogP contribution in [0.1, 0.15) is 11.1 Å². The van der Waals surface area contributed by atoms with Gasteiger partial charge in [0, 0.05) is 5.92 Å². The van der Waals surface area contributed by atoms with Crippen LogP contribution in [0.2, 0.25) is 0 Å². The van der Waals surface area contributed by atoms with Gasteiger partial charge in [0.05, 0.1) is 17.5 Å². The lowest BCUT2D eigenvalue weighted by Gasteiger charge is -2.38. The van der Waals surface area contributed by atoms with E-state index in [1.54, 1.807) is 12.1 Å². The van der Waals surface area contributed by atoms with E-state index < -0.39 is 22.2 Å². The molecule has 1 aliphatic rings. The molecule has 1 heterocycles. The fraction of sp³-hybridized carbons (Fsp3) is 0.250. The Morgan fingerprint density at radius 2 is 1.81 bits per heavy atom. The summed E-state index contributed by atoms with van der Waals surface area (Å²) < 4.78 is 32.1. The Hall–Kier alpha value is -2.60. The molecule has 3 rings (SSSR count). The van der Waals surface area contributed by atoms with E-state index in [0.717, 1.165) is 15.4 Å². The van der Waals surface area contributed by atoms with Crippen molar-refractivity contribution in [1.29, 1.82) is 0 Å². The summed E-state index contributed by atoms with van der Waals surface area (Å²) in [7, 11) is -4.03. The molecule has 1 aliphatic heterocycles. The number of hydrogen-bond acceptors (Lipinski definition) is 4. The minimum absolute atomic E-state index is 0.0623. The van der Waals surface area contributed by atoms with E-state index in [9.17, 15) is 13.2 Å². The van der Waals surface area contributed by atoms with Crippen molar-refractivity contribution in [1.82, 2.24) is 4.31 Å². The van der Waals surface area contributed by atoms with Gasteiger partial charge in [0.25, 0.3) is 10.0 Å². The van der Waals surface area contributed by atoms with Gasteiger partial charge in [0.1, 0.15) is 0 Å². The molecule has 0 unspecified atom stereocenters. The van der Waals surface area contributed by atoms with Crippen molar-refractivity contribution in [3.05, 3.63) is 78.4 Å². The predicted molar refractivity (Wildman–Crippen MR) is 99.2 cm³/mol. The number of cyclic esters (lactones) is 1. The molecule has 26 heavy (non-hydrogen) atoms. The third-order valence-corrected chi connectivity index (χ3v) is 6.29. The predicted octanol–water partition coefficient (Wildman–Crippen LogP) is 3.55. The Morgan fingerprint density at radius 1 is 1.15 bits per heavy atom. The van der Waals surface area contributed by atoms with Crippen LogP contribution in [0.3, 0.4) is 0 Å². The van der Waals surface area contributed by atoms with Gasteiger partial charge in [-0.05, 0) is 31.0 Å². The third-order valence-electron chi connectivity index (χ3n) is 4.51. The van der Waals surface area contributed by atoms with Crippen LogP contribution in [0.15, 0.2) is 72.1 Å². The van der Waals surface area contributed by atoms with Gasteiger partial charge < -0.3 is 4.74 Å². The molecule has 136 valence electrons. The van der Waals surface area contributed by atoms with Crippen LogP contribution in [0, 0.1) is 12.8 Å². The van der Waals surface area contributed by atoms with Gasteiger partial charge in [-0.15, -0.1) is 6.58 Å². The Balaban J connectivity index is 1.94. The maximum atomic E-state index is 13.1. The molecular formula is C20H21NO4S. The molecule has 0 spiro atoms. The second kappa shape index (κ2) is 7.33. The number of benzene rings is 2. The SMILES string of the molecule is C=C[C@H]1[C@H](Cc2ccccc2)COC(=O)N1S(=O)(=O)c1ccc(C)cc1. The number of carbonyl (C=O) groups excluding carboxylic acids is 1. The summed E-state index contributed by atoms with van der Waals surface area (Å²) in [6.07, 6.45) is 1.24. The van der Waals surface area contributed by atoms with Gasteiger partial charge in [-0.2, -0.15) is 4.31 Å². The lowest BCUT2D eigenvalue weighted by molar-refractivity contribution is 0.0545. The maximum absolute atomic E-state index is 13.1. The van der Waals surface area contributed by atoms with E-state index >= 15 is 0 Å². The number of nitrogens with zero attached hydrogens (tertiary/aromatic N) is 1. The van der Waals surface area contributed by atoms with Crippen molar-refractivity contribution < 1.29 is 17.9 Å². The molecule has 5 nitrogen and oxygen atoms in total. The average molecular weight is 371 g/mol. The zero-order valence-corrected chi connectivity index (χ0v) is 15.4. The summed E-state index contributed by atoms with van der Waals surface area (Å²) in [5.74, 6) is -0.201. The summed E-state index contributed by atoms with van der Waals surface area (Å²) >= 11 is 0. The normalized spacial score (nSPS) is 20.5. The van der Waals surface area contributed by atoms with Crippen LogP contribution in [0.4, 0.5) is 4.79 Å². The molecule has 1 amide bonds. The molecule has 1 saturated heterocycles. The Labute approximate surface area is 154 Å². The molecule has 0 aromatic heterocycles. The molecule has 0 saturated carbocycles. The van der Waals surface area contributed by atoms with Gasteiger partial charge in [-0.25, -0.2) is 13.2 Å². The number of ether oxygens (including phenoxy) is 1. The van der Waals surface area contributed by atoms with Gasteiger partial charge in [-0.1, -0.05) is 54.1 Å². The number of hydrogen-bond donors (Lipinski definition) is 0. The standard InChI is InChI=1S/C20H21NO4S/c1-3-19-17(13-16-7-5-4-6-8-16)14-25-20(22)21(19)26(23,24)18-11-9-15(2)10-12-18/h3-12,17,19H,1,13-14H2,2H3/t17-,19+/m1/s1. The molecule has 0 N–H and O–H groups in total. The fourth-order valence-corrected chi connectivity index (χ4v) is 4.66. The largest absolute Gasteiger partial charge is 0.448 e. The molecule has 0 aliphatic carbocycles. The molecule has 2 aromatic rings. The minimum atomic E-state index is -4.03. The lowest BCUT2D eigenvalue weighted by atomic mass is 9.92. The first-order valence-corrected chi connectivity index (χ1v) is 9.82. The van der Waals surface area contributed by atoms with Crippen molar-refractivity contribution in [2.45, 2.75) is 24.3 Å². The van der Waals surface area contributed by atoms with Crippen LogP contribution in [-0.4, -0.2) is 31.5 Å². The lowest BCUT2D eigenvalue weighted by Crippen LogP contribution is -2.53. The van der Waals surface area contributed by atoms with Crippen molar-refractivity contribution >= 4 is 16.1 Å². The highest BCUT2D eigenvalue weighted by molar-refractivity contribution is 7.89. The summed E-state index contributed by atoms with van der Waals surface area (Å²) in [4.78, 5) is 12.4. The Morgan fingerprint density at radius 3 is 2.42 bits per heavy atom. The quantitative estimate of drug-likeness (QED) is 0.754. The van der Waals surface area contributed by atoms with E-state index in [-0.39, 0.29) is 17.4 Å². The van der Waals surface area contributed by atoms with E-state index in [2.05, 4.69) is 6.58 Å². The third kappa shape index (κ3) is 3.51. The summed E-state index contributed by atoms with van der Waals surface area (Å²) in [6, 6.07) is 15.4. The van der Waals surface area contributed by atoms with Gasteiger partial charge in [0.15, 0.2) is 0 Å². The summed E-state index contributed by atoms with van der Waals surface area (Å²) in [6.45, 7) is 5.79. The van der Waals surface area contributed by atoms with Gasteiger partial charge in [0.2, 0.25) is 0 Å². The first kappa shape index (κ1) is 18.2. The average Bonchev–Trinajstić information content (AvgIpc) is 2.64. The molecule has 1 fully saturated rings. The number of carbonyl (C=O) groups is 1. The zero-order valence-electron chi connectivity index (χ0n) is 14.5. The topological polar surface area (TPSA) is 63.7 Å². The van der Waals surface area contributed by atoms with E-state index in [1.165, 1.54) is 18.2 Å². The van der Waals surface area contributed by atoms with E-state index in [1.807, 2.05) is 37.3 Å². The molecular weight excluding hydrogens is 350 g/mol. The molecule has 2 atom stereocenters. The van der Waals surface area contributed by atoms with Crippen molar-refractivity contribution in [2.75, 3.05) is 6.61 Å². The van der Waals surface area contributed by atoms with Crippen LogP contribution in [0.5, 0.6) is 0 Å². The second-order valence-corrected chi connectivity index (χ2v) is 8.18. The first-order valence-electron chi connectivity index (χ1n) is 8.38. The van der Waals surface area contributed by atoms with Crippen LogP contribution in [-0.2, 0) is 21.2 Å². The van der Waals surface area contributed by atoms with E-state index in [0.29, 0.717) is 6.42 Å². The number of sulfonamides is 1. The zero-order chi connectivity index (χ0) is 18.7.